The number of urea groups is 1. The molecule has 5 rings (SSSR count). The molecule has 0 aliphatic carbocycles. The molecular formula is C21H22N8O2. The zero-order chi connectivity index (χ0) is 21.0. The number of imidazole rings is 1. The number of morpholine rings is 1. The van der Waals surface area contributed by atoms with Crippen molar-refractivity contribution in [1.82, 2.24) is 30.0 Å². The number of pyridine rings is 1. The molecule has 1 aromatic carbocycles. The highest BCUT2D eigenvalue weighted by Gasteiger charge is 2.16. The van der Waals surface area contributed by atoms with Gasteiger partial charge in [-0.3, -0.25) is 15.0 Å². The number of hydrogen-bond donors (Lipinski definition) is 4. The highest BCUT2D eigenvalue weighted by atomic mass is 16.5. The number of aromatic nitrogens is 5. The van der Waals surface area contributed by atoms with Crippen LogP contribution in [0.1, 0.15) is 5.56 Å². The minimum absolute atomic E-state index is 0.389. The van der Waals surface area contributed by atoms with E-state index in [9.17, 15) is 4.79 Å². The highest BCUT2D eigenvalue weighted by molar-refractivity contribution is 6.01. The molecule has 0 unspecified atom stereocenters. The number of aromatic amines is 2. The smallest absolute Gasteiger partial charge is 0.323 e. The van der Waals surface area contributed by atoms with E-state index < -0.39 is 0 Å². The number of fused-ring (bicyclic) bond motifs is 1. The van der Waals surface area contributed by atoms with Gasteiger partial charge in [-0.2, -0.15) is 5.10 Å². The number of carbonyl (C=O) groups is 1. The molecule has 10 nitrogen and oxygen atoms in total. The maximum Gasteiger partial charge on any atom is 0.323 e. The fraction of sp³-hybridized carbons (Fsp3) is 0.238. The molecule has 4 aromatic rings. The summed E-state index contributed by atoms with van der Waals surface area (Å²) in [5, 5.41) is 12.5. The average Bonchev–Trinajstić information content (AvgIpc) is 3.41. The average molecular weight is 418 g/mol. The van der Waals surface area contributed by atoms with Gasteiger partial charge in [0.25, 0.3) is 0 Å². The Bertz CT molecular complexity index is 1180. The summed E-state index contributed by atoms with van der Waals surface area (Å²) in [6.07, 6.45) is 4.77. The lowest BCUT2D eigenvalue weighted by Gasteiger charge is -2.26. The number of rotatable bonds is 5. The predicted octanol–water partition coefficient (Wildman–Crippen LogP) is 2.82. The van der Waals surface area contributed by atoms with Gasteiger partial charge in [0, 0.05) is 25.8 Å². The third-order valence-corrected chi connectivity index (χ3v) is 5.10. The van der Waals surface area contributed by atoms with Crippen molar-refractivity contribution >= 4 is 28.4 Å². The first-order chi connectivity index (χ1) is 15.2. The van der Waals surface area contributed by atoms with E-state index in [0.29, 0.717) is 22.9 Å². The van der Waals surface area contributed by atoms with Crippen molar-refractivity contribution in [3.63, 3.8) is 0 Å². The van der Waals surface area contributed by atoms with Gasteiger partial charge in [0.05, 0.1) is 48.0 Å². The van der Waals surface area contributed by atoms with Gasteiger partial charge in [0.15, 0.2) is 5.82 Å². The molecule has 1 saturated heterocycles. The topological polar surface area (TPSA) is 124 Å². The molecule has 1 aliphatic heterocycles. The first kappa shape index (κ1) is 19.2. The Hall–Kier alpha value is -3.76. The zero-order valence-corrected chi connectivity index (χ0v) is 16.8. The number of nitrogens with one attached hydrogen (secondary N) is 4. The van der Waals surface area contributed by atoms with E-state index in [4.69, 9.17) is 4.74 Å². The Morgan fingerprint density at radius 3 is 2.90 bits per heavy atom. The molecule has 0 bridgehead atoms. The summed E-state index contributed by atoms with van der Waals surface area (Å²) >= 11 is 0. The first-order valence-electron chi connectivity index (χ1n) is 10.0. The van der Waals surface area contributed by atoms with Crippen LogP contribution in [-0.4, -0.2) is 62.4 Å². The standard InChI is InChI=1S/C21H22N8O2/c30-21(24-15-2-1-5-22-11-15)27-18-12-23-28-19(18)20-25-16-4-3-14(10-17(16)26-20)13-29-6-8-31-9-7-29/h1-5,10-12H,6-9,13H2,(H,23,28)(H,25,26)(H2,24,27,30). The summed E-state index contributed by atoms with van der Waals surface area (Å²) in [5.74, 6) is 0.604. The lowest BCUT2D eigenvalue weighted by atomic mass is 10.2. The van der Waals surface area contributed by atoms with E-state index in [1.807, 2.05) is 6.07 Å². The molecule has 2 amide bonds. The van der Waals surface area contributed by atoms with Gasteiger partial charge in [0.1, 0.15) is 5.69 Å². The zero-order valence-electron chi connectivity index (χ0n) is 16.8. The molecule has 4 heterocycles. The van der Waals surface area contributed by atoms with Gasteiger partial charge in [-0.25, -0.2) is 9.78 Å². The van der Waals surface area contributed by atoms with E-state index in [1.165, 1.54) is 5.56 Å². The second-order valence-electron chi connectivity index (χ2n) is 7.30. The van der Waals surface area contributed by atoms with Crippen molar-refractivity contribution in [2.75, 3.05) is 36.9 Å². The molecule has 158 valence electrons. The number of carbonyl (C=O) groups excluding carboxylic acids is 1. The quantitative estimate of drug-likeness (QED) is 0.395. The largest absolute Gasteiger partial charge is 0.379 e. The Balaban J connectivity index is 1.32. The molecule has 1 fully saturated rings. The van der Waals surface area contributed by atoms with E-state index in [0.717, 1.165) is 43.9 Å². The summed E-state index contributed by atoms with van der Waals surface area (Å²) in [7, 11) is 0. The van der Waals surface area contributed by atoms with Crippen LogP contribution in [0.15, 0.2) is 48.9 Å². The van der Waals surface area contributed by atoms with E-state index in [2.05, 4.69) is 52.8 Å². The fourth-order valence-corrected chi connectivity index (χ4v) is 3.57. The third-order valence-electron chi connectivity index (χ3n) is 5.10. The van der Waals surface area contributed by atoms with Gasteiger partial charge in [-0.1, -0.05) is 6.07 Å². The predicted molar refractivity (Wildman–Crippen MR) is 117 cm³/mol. The van der Waals surface area contributed by atoms with Crippen LogP contribution in [0.4, 0.5) is 16.2 Å². The number of H-pyrrole nitrogens is 2. The monoisotopic (exact) mass is 418 g/mol. The summed E-state index contributed by atoms with van der Waals surface area (Å²) < 4.78 is 5.42. The number of anilines is 2. The normalized spacial score (nSPS) is 14.6. The maximum absolute atomic E-state index is 12.3. The molecule has 31 heavy (non-hydrogen) atoms. The first-order valence-corrected chi connectivity index (χ1v) is 10.0. The lowest BCUT2D eigenvalue weighted by molar-refractivity contribution is 0.0342. The van der Waals surface area contributed by atoms with E-state index in [1.54, 1.807) is 30.7 Å². The Morgan fingerprint density at radius 2 is 2.06 bits per heavy atom. The Labute approximate surface area is 178 Å². The Morgan fingerprint density at radius 1 is 1.16 bits per heavy atom. The number of benzene rings is 1. The van der Waals surface area contributed by atoms with Crippen LogP contribution >= 0.6 is 0 Å². The lowest BCUT2D eigenvalue weighted by Crippen LogP contribution is -2.35. The van der Waals surface area contributed by atoms with Crippen LogP contribution in [0.2, 0.25) is 0 Å². The number of amides is 2. The summed E-state index contributed by atoms with van der Waals surface area (Å²) in [6, 6.07) is 9.33. The fourth-order valence-electron chi connectivity index (χ4n) is 3.57. The molecule has 0 atom stereocenters. The minimum Gasteiger partial charge on any atom is -0.379 e. The SMILES string of the molecule is O=C(Nc1cccnc1)Nc1cn[nH]c1-c1nc2ccc(CN3CCOCC3)cc2[nH]1. The second-order valence-corrected chi connectivity index (χ2v) is 7.30. The maximum atomic E-state index is 12.3. The second kappa shape index (κ2) is 8.54. The van der Waals surface area contributed by atoms with Gasteiger partial charge in [-0.15, -0.1) is 0 Å². The molecule has 10 heteroatoms. The van der Waals surface area contributed by atoms with Crippen LogP contribution in [-0.2, 0) is 11.3 Å². The van der Waals surface area contributed by atoms with Gasteiger partial charge in [0.2, 0.25) is 0 Å². The van der Waals surface area contributed by atoms with Crippen molar-refractivity contribution in [3.05, 3.63) is 54.5 Å². The molecule has 0 saturated carbocycles. The molecule has 4 N–H and O–H groups in total. The van der Waals surface area contributed by atoms with Crippen LogP contribution < -0.4 is 10.6 Å². The molecule has 3 aromatic heterocycles. The molecule has 0 spiro atoms. The van der Waals surface area contributed by atoms with Crippen LogP contribution in [0.5, 0.6) is 0 Å². The van der Waals surface area contributed by atoms with Crippen molar-refractivity contribution < 1.29 is 9.53 Å². The Kier molecular flexibility index (Phi) is 5.29. The number of nitrogens with zero attached hydrogens (tertiary/aromatic N) is 4. The highest BCUT2D eigenvalue weighted by Crippen LogP contribution is 2.26. The number of hydrogen-bond acceptors (Lipinski definition) is 6. The molecule has 0 radical (unpaired) electrons. The van der Waals surface area contributed by atoms with Gasteiger partial charge in [-0.05, 0) is 29.8 Å². The van der Waals surface area contributed by atoms with Crippen LogP contribution in [0.25, 0.3) is 22.6 Å². The third kappa shape index (κ3) is 4.39. The molecular weight excluding hydrogens is 396 g/mol. The van der Waals surface area contributed by atoms with Crippen LogP contribution in [0, 0.1) is 0 Å². The van der Waals surface area contributed by atoms with E-state index >= 15 is 0 Å². The van der Waals surface area contributed by atoms with Gasteiger partial charge >= 0.3 is 6.03 Å². The molecule has 1 aliphatic rings. The van der Waals surface area contributed by atoms with Crippen molar-refractivity contribution in [3.8, 4) is 11.5 Å². The van der Waals surface area contributed by atoms with Crippen molar-refractivity contribution in [1.29, 1.82) is 0 Å². The van der Waals surface area contributed by atoms with Crippen molar-refractivity contribution in [2.24, 2.45) is 0 Å². The van der Waals surface area contributed by atoms with Crippen LogP contribution in [0.3, 0.4) is 0 Å². The summed E-state index contributed by atoms with van der Waals surface area (Å²) in [4.78, 5) is 26.7. The van der Waals surface area contributed by atoms with E-state index in [-0.39, 0.29) is 6.03 Å². The summed E-state index contributed by atoms with van der Waals surface area (Å²) in [6.45, 7) is 4.31. The van der Waals surface area contributed by atoms with Crippen molar-refractivity contribution in [2.45, 2.75) is 6.54 Å². The van der Waals surface area contributed by atoms with Gasteiger partial charge < -0.3 is 20.4 Å². The number of ether oxygens (including phenoxy) is 1. The minimum atomic E-state index is -0.389. The summed E-state index contributed by atoms with van der Waals surface area (Å²) in [5.41, 5.74) is 4.72.